The summed E-state index contributed by atoms with van der Waals surface area (Å²) in [7, 11) is 1.53. The van der Waals surface area contributed by atoms with Crippen molar-refractivity contribution in [2.45, 2.75) is 13.2 Å². The maximum atomic E-state index is 13.1. The van der Waals surface area contributed by atoms with Crippen LogP contribution in [0.1, 0.15) is 43.0 Å². The van der Waals surface area contributed by atoms with E-state index in [1.165, 1.54) is 13.2 Å². The van der Waals surface area contributed by atoms with Gasteiger partial charge < -0.3 is 18.9 Å². The fourth-order valence-corrected chi connectivity index (χ4v) is 4.20. The highest BCUT2D eigenvalue weighted by atomic mass is 16.5. The SMILES string of the molecule is C=C1c2c(OCc3ccccc3)cc(C(=O)OCc3ccccc3)cc2OC(=O)c2cccc(OC)c21. The standard InChI is InChI=1S/C31H24O6/c1-20-28-24(14-9-15-25(28)34-2)31(33)37-27-17-23(30(32)36-19-22-12-7-4-8-13-22)16-26(29(20)27)35-18-21-10-5-3-6-11-21/h3-17H,1,18-19H2,2H3. The molecule has 0 spiro atoms. The third kappa shape index (κ3) is 4.95. The lowest BCUT2D eigenvalue weighted by molar-refractivity contribution is 0.0470. The normalized spacial score (nSPS) is 12.0. The van der Waals surface area contributed by atoms with Gasteiger partial charge in [-0.05, 0) is 41.0 Å². The lowest BCUT2D eigenvalue weighted by atomic mass is 9.93. The van der Waals surface area contributed by atoms with Crippen molar-refractivity contribution in [2.24, 2.45) is 0 Å². The van der Waals surface area contributed by atoms with Crippen molar-refractivity contribution in [3.05, 3.63) is 131 Å². The Kier molecular flexibility index (Phi) is 6.72. The van der Waals surface area contributed by atoms with Crippen LogP contribution < -0.4 is 14.2 Å². The first kappa shape index (κ1) is 23.9. The molecule has 0 amide bonds. The van der Waals surface area contributed by atoms with Crippen LogP contribution in [0.5, 0.6) is 17.2 Å². The van der Waals surface area contributed by atoms with E-state index in [0.29, 0.717) is 33.8 Å². The first-order chi connectivity index (χ1) is 18.0. The van der Waals surface area contributed by atoms with E-state index in [0.717, 1.165) is 11.1 Å². The maximum absolute atomic E-state index is 13.1. The summed E-state index contributed by atoms with van der Waals surface area (Å²) in [6, 6.07) is 27.2. The van der Waals surface area contributed by atoms with Gasteiger partial charge in [0, 0.05) is 5.56 Å². The molecule has 0 aliphatic carbocycles. The smallest absolute Gasteiger partial charge is 0.344 e. The van der Waals surface area contributed by atoms with Crippen molar-refractivity contribution < 1.29 is 28.5 Å². The van der Waals surface area contributed by atoms with E-state index < -0.39 is 11.9 Å². The first-order valence-electron chi connectivity index (χ1n) is 11.7. The van der Waals surface area contributed by atoms with Gasteiger partial charge in [0.15, 0.2) is 0 Å². The second kappa shape index (κ2) is 10.4. The largest absolute Gasteiger partial charge is 0.496 e. The predicted octanol–water partition coefficient (Wildman–Crippen LogP) is 6.23. The van der Waals surface area contributed by atoms with Crippen molar-refractivity contribution >= 4 is 17.5 Å². The molecule has 1 heterocycles. The summed E-state index contributed by atoms with van der Waals surface area (Å²) in [4.78, 5) is 26.1. The van der Waals surface area contributed by atoms with Gasteiger partial charge in [0.25, 0.3) is 0 Å². The number of carbonyl (C=O) groups is 2. The first-order valence-corrected chi connectivity index (χ1v) is 11.7. The second-order valence-corrected chi connectivity index (χ2v) is 8.43. The molecule has 0 saturated carbocycles. The Bertz CT molecular complexity index is 1470. The minimum absolute atomic E-state index is 0.103. The molecule has 5 rings (SSSR count). The van der Waals surface area contributed by atoms with E-state index >= 15 is 0 Å². The summed E-state index contributed by atoms with van der Waals surface area (Å²) in [5, 5.41) is 0. The molecule has 6 nitrogen and oxygen atoms in total. The number of hydrogen-bond donors (Lipinski definition) is 0. The topological polar surface area (TPSA) is 71.1 Å². The number of rotatable bonds is 7. The molecular formula is C31H24O6. The molecule has 0 bridgehead atoms. The Morgan fingerprint density at radius 3 is 2.16 bits per heavy atom. The molecule has 0 N–H and O–H groups in total. The molecule has 4 aromatic rings. The molecule has 1 aliphatic rings. The number of carbonyl (C=O) groups excluding carboxylic acids is 2. The van der Waals surface area contributed by atoms with Gasteiger partial charge >= 0.3 is 11.9 Å². The highest BCUT2D eigenvalue weighted by Crippen LogP contribution is 2.45. The van der Waals surface area contributed by atoms with Crippen LogP contribution in [0.25, 0.3) is 5.57 Å². The number of methoxy groups -OCH3 is 1. The molecule has 0 unspecified atom stereocenters. The van der Waals surface area contributed by atoms with Gasteiger partial charge in [-0.25, -0.2) is 9.59 Å². The van der Waals surface area contributed by atoms with Crippen LogP contribution >= 0.6 is 0 Å². The van der Waals surface area contributed by atoms with Gasteiger partial charge in [0.05, 0.1) is 23.8 Å². The third-order valence-corrected chi connectivity index (χ3v) is 6.02. The maximum Gasteiger partial charge on any atom is 0.344 e. The zero-order chi connectivity index (χ0) is 25.8. The van der Waals surface area contributed by atoms with Crippen molar-refractivity contribution in [1.82, 2.24) is 0 Å². The Balaban J connectivity index is 1.56. The average Bonchev–Trinajstić information content (AvgIpc) is 3.05. The number of esters is 2. The third-order valence-electron chi connectivity index (χ3n) is 6.02. The molecular weight excluding hydrogens is 468 g/mol. The molecule has 0 fully saturated rings. The van der Waals surface area contributed by atoms with Crippen molar-refractivity contribution in [2.75, 3.05) is 7.11 Å². The Morgan fingerprint density at radius 2 is 1.49 bits per heavy atom. The summed E-state index contributed by atoms with van der Waals surface area (Å²) in [5.41, 5.74) is 3.75. The Labute approximate surface area is 214 Å². The van der Waals surface area contributed by atoms with Crippen LogP contribution in [-0.4, -0.2) is 19.0 Å². The molecule has 0 radical (unpaired) electrons. The Morgan fingerprint density at radius 1 is 0.811 bits per heavy atom. The van der Waals surface area contributed by atoms with Crippen LogP contribution in [-0.2, 0) is 18.0 Å². The zero-order valence-electron chi connectivity index (χ0n) is 20.2. The number of ether oxygens (including phenoxy) is 4. The average molecular weight is 493 g/mol. The predicted molar refractivity (Wildman–Crippen MR) is 139 cm³/mol. The quantitative estimate of drug-likeness (QED) is 0.225. The number of hydrogen-bond acceptors (Lipinski definition) is 6. The zero-order valence-corrected chi connectivity index (χ0v) is 20.2. The monoisotopic (exact) mass is 492 g/mol. The van der Waals surface area contributed by atoms with Gasteiger partial charge in [-0.2, -0.15) is 0 Å². The van der Waals surface area contributed by atoms with Crippen molar-refractivity contribution in [3.8, 4) is 17.2 Å². The molecule has 1 aliphatic heterocycles. The summed E-state index contributed by atoms with van der Waals surface area (Å²) in [6.07, 6.45) is 0. The van der Waals surface area contributed by atoms with Gasteiger partial charge in [-0.3, -0.25) is 0 Å². The molecule has 0 atom stereocenters. The lowest BCUT2D eigenvalue weighted by Gasteiger charge is -2.17. The van der Waals surface area contributed by atoms with Gasteiger partial charge in [-0.15, -0.1) is 0 Å². The second-order valence-electron chi connectivity index (χ2n) is 8.43. The van der Waals surface area contributed by atoms with Crippen LogP contribution in [0, 0.1) is 0 Å². The highest BCUT2D eigenvalue weighted by molar-refractivity contribution is 6.05. The van der Waals surface area contributed by atoms with Crippen LogP contribution in [0.4, 0.5) is 0 Å². The molecule has 184 valence electrons. The Hall–Kier alpha value is -4.84. The summed E-state index contributed by atoms with van der Waals surface area (Å²) < 4.78 is 23.0. The minimum Gasteiger partial charge on any atom is -0.496 e. The minimum atomic E-state index is -0.586. The van der Waals surface area contributed by atoms with E-state index in [1.807, 2.05) is 60.7 Å². The van der Waals surface area contributed by atoms with Gasteiger partial charge in [0.2, 0.25) is 0 Å². The van der Waals surface area contributed by atoms with E-state index in [1.54, 1.807) is 24.3 Å². The lowest BCUT2D eigenvalue weighted by Crippen LogP contribution is -2.11. The summed E-state index contributed by atoms with van der Waals surface area (Å²) in [5.74, 6) is -0.183. The fraction of sp³-hybridized carbons (Fsp3) is 0.0968. The molecule has 0 saturated heterocycles. The summed E-state index contributed by atoms with van der Waals surface area (Å²) in [6.45, 7) is 4.59. The van der Waals surface area contributed by atoms with Crippen LogP contribution in [0.3, 0.4) is 0 Å². The number of benzene rings is 4. The van der Waals surface area contributed by atoms with Crippen LogP contribution in [0.15, 0.2) is 97.6 Å². The van der Waals surface area contributed by atoms with E-state index in [9.17, 15) is 9.59 Å². The van der Waals surface area contributed by atoms with Crippen molar-refractivity contribution in [1.29, 1.82) is 0 Å². The van der Waals surface area contributed by atoms with E-state index in [-0.39, 0.29) is 24.5 Å². The van der Waals surface area contributed by atoms with Crippen molar-refractivity contribution in [3.63, 3.8) is 0 Å². The summed E-state index contributed by atoms with van der Waals surface area (Å²) >= 11 is 0. The van der Waals surface area contributed by atoms with Gasteiger partial charge in [0.1, 0.15) is 30.5 Å². The molecule has 0 aromatic heterocycles. The molecule has 6 heteroatoms. The fourth-order valence-electron chi connectivity index (χ4n) is 4.20. The van der Waals surface area contributed by atoms with Crippen LogP contribution in [0.2, 0.25) is 0 Å². The van der Waals surface area contributed by atoms with Gasteiger partial charge in [-0.1, -0.05) is 73.3 Å². The molecule has 4 aromatic carbocycles. The highest BCUT2D eigenvalue weighted by Gasteiger charge is 2.31. The number of fused-ring (bicyclic) bond motifs is 2. The molecule has 37 heavy (non-hydrogen) atoms. The van der Waals surface area contributed by atoms with E-state index in [2.05, 4.69) is 6.58 Å². The van der Waals surface area contributed by atoms with E-state index in [4.69, 9.17) is 18.9 Å².